The highest BCUT2D eigenvalue weighted by Crippen LogP contribution is 2.42. The van der Waals surface area contributed by atoms with Gasteiger partial charge in [0.2, 0.25) is 5.91 Å². The highest BCUT2D eigenvalue weighted by molar-refractivity contribution is 8.03. The molecule has 0 radical (unpaired) electrons. The Morgan fingerprint density at radius 1 is 1.12 bits per heavy atom. The Balaban J connectivity index is 1.41. The average Bonchev–Trinajstić information content (AvgIpc) is 3.12. The van der Waals surface area contributed by atoms with Crippen LogP contribution in [0.2, 0.25) is 0 Å². The van der Waals surface area contributed by atoms with Crippen LogP contribution in [-0.4, -0.2) is 23.9 Å². The molecule has 6 heteroatoms. The van der Waals surface area contributed by atoms with Gasteiger partial charge in [-0.1, -0.05) is 42.5 Å². The van der Waals surface area contributed by atoms with Crippen LogP contribution in [0.4, 0.5) is 0 Å². The maximum Gasteiger partial charge on any atom is 0.231 e. The number of ether oxygens (including phenoxy) is 1. The lowest BCUT2D eigenvalue weighted by Crippen LogP contribution is -2.58. The molecular weight excluding hydrogens is 364 g/mol. The van der Waals surface area contributed by atoms with Crippen LogP contribution in [0.1, 0.15) is 11.1 Å². The van der Waals surface area contributed by atoms with Crippen molar-refractivity contribution in [2.24, 2.45) is 5.92 Å². The van der Waals surface area contributed by atoms with E-state index in [-0.39, 0.29) is 22.7 Å². The van der Waals surface area contributed by atoms with Crippen molar-refractivity contribution < 1.29 is 9.53 Å². The molecule has 0 spiro atoms. The molecule has 3 atom stereocenters. The van der Waals surface area contributed by atoms with Gasteiger partial charge in [-0.2, -0.15) is 0 Å². The second-order valence-electron chi connectivity index (χ2n) is 6.19. The molecule has 0 aliphatic carbocycles. The molecule has 1 amide bonds. The summed E-state index contributed by atoms with van der Waals surface area (Å²) in [5, 5.41) is 8.85. The first-order valence-electron chi connectivity index (χ1n) is 8.46. The molecule has 2 heterocycles. The van der Waals surface area contributed by atoms with E-state index < -0.39 is 0 Å². The van der Waals surface area contributed by atoms with E-state index in [2.05, 4.69) is 28.2 Å². The maximum atomic E-state index is 12.8. The molecule has 0 aromatic heterocycles. The summed E-state index contributed by atoms with van der Waals surface area (Å²) in [5.41, 5.74) is 3.32. The number of hydrogen-bond donors (Lipinski definition) is 2. The number of rotatable bonds is 5. The third-order valence-electron chi connectivity index (χ3n) is 4.53. The molecule has 1 saturated heterocycles. The lowest BCUT2D eigenvalue weighted by atomic mass is 9.92. The summed E-state index contributed by atoms with van der Waals surface area (Å²) in [6.07, 6.45) is 0. The fraction of sp³-hybridized carbons (Fsp3) is 0.250. The Bertz CT molecular complexity index is 808. The van der Waals surface area contributed by atoms with E-state index in [0.717, 1.165) is 22.6 Å². The fourth-order valence-corrected chi connectivity index (χ4v) is 5.46. The minimum Gasteiger partial charge on any atom is -0.497 e. The third kappa shape index (κ3) is 3.63. The van der Waals surface area contributed by atoms with Crippen molar-refractivity contribution in [1.82, 2.24) is 10.6 Å². The van der Waals surface area contributed by atoms with Crippen molar-refractivity contribution in [3.05, 3.63) is 71.1 Å². The van der Waals surface area contributed by atoms with Gasteiger partial charge in [-0.05, 0) is 34.2 Å². The predicted molar refractivity (Wildman–Crippen MR) is 109 cm³/mol. The summed E-state index contributed by atoms with van der Waals surface area (Å²) in [5.74, 6) is 1.60. The lowest BCUT2D eigenvalue weighted by molar-refractivity contribution is -0.125. The van der Waals surface area contributed by atoms with Crippen molar-refractivity contribution in [2.75, 3.05) is 7.11 Å². The summed E-state index contributed by atoms with van der Waals surface area (Å²) in [7, 11) is 1.65. The van der Waals surface area contributed by atoms with Gasteiger partial charge >= 0.3 is 0 Å². The number of methoxy groups -OCH3 is 1. The number of hydrogen-bond acceptors (Lipinski definition) is 5. The van der Waals surface area contributed by atoms with E-state index in [4.69, 9.17) is 4.74 Å². The summed E-state index contributed by atoms with van der Waals surface area (Å²) < 4.78 is 5.22. The predicted octanol–water partition coefficient (Wildman–Crippen LogP) is 3.66. The first kappa shape index (κ1) is 17.5. The van der Waals surface area contributed by atoms with Crippen LogP contribution in [0.15, 0.2) is 60.0 Å². The van der Waals surface area contributed by atoms with Crippen molar-refractivity contribution in [3.63, 3.8) is 0 Å². The molecule has 2 aromatic carbocycles. The normalized spacial score (nSPS) is 24.6. The first-order valence-corrected chi connectivity index (χ1v) is 10.5. The van der Waals surface area contributed by atoms with Crippen LogP contribution in [0.5, 0.6) is 5.75 Å². The molecule has 2 aliphatic rings. The van der Waals surface area contributed by atoms with Gasteiger partial charge in [0.1, 0.15) is 11.2 Å². The standard InChI is InChI=1S/C20H20N2O2S2/c1-24-15-9-7-14(8-10-15)16-12-25-19-17(16)18(23)21-20(22-19)26-11-13-5-3-2-4-6-13/h2-10,12,17,19-20,22H,11H2,1H3,(H,21,23). The molecule has 2 aliphatic heterocycles. The zero-order valence-corrected chi connectivity index (χ0v) is 16.0. The number of carbonyl (C=O) groups is 1. The SMILES string of the molecule is COc1ccc(C2=CSC3NC(SCc4ccccc4)NC(=O)C23)cc1. The van der Waals surface area contributed by atoms with Gasteiger partial charge in [-0.3, -0.25) is 10.1 Å². The van der Waals surface area contributed by atoms with Crippen LogP contribution in [-0.2, 0) is 10.5 Å². The molecule has 0 saturated carbocycles. The molecule has 4 nitrogen and oxygen atoms in total. The minimum absolute atomic E-state index is 0.0694. The van der Waals surface area contributed by atoms with Crippen molar-refractivity contribution in [2.45, 2.75) is 16.6 Å². The molecule has 1 fully saturated rings. The zero-order valence-electron chi connectivity index (χ0n) is 14.3. The van der Waals surface area contributed by atoms with E-state index in [1.807, 2.05) is 42.5 Å². The van der Waals surface area contributed by atoms with E-state index in [1.54, 1.807) is 30.6 Å². The van der Waals surface area contributed by atoms with E-state index in [0.29, 0.717) is 0 Å². The number of thioether (sulfide) groups is 2. The molecule has 134 valence electrons. The largest absolute Gasteiger partial charge is 0.497 e. The molecule has 2 N–H and O–H groups in total. The highest BCUT2D eigenvalue weighted by Gasteiger charge is 2.42. The number of fused-ring (bicyclic) bond motifs is 1. The number of benzene rings is 2. The van der Waals surface area contributed by atoms with E-state index in [1.165, 1.54) is 5.56 Å². The average molecular weight is 385 g/mol. The maximum absolute atomic E-state index is 12.8. The van der Waals surface area contributed by atoms with Gasteiger partial charge in [-0.15, -0.1) is 23.5 Å². The van der Waals surface area contributed by atoms with Crippen molar-refractivity contribution in [3.8, 4) is 5.75 Å². The molecule has 4 rings (SSSR count). The third-order valence-corrected chi connectivity index (χ3v) is 6.71. The topological polar surface area (TPSA) is 50.4 Å². The van der Waals surface area contributed by atoms with Gasteiger partial charge in [0, 0.05) is 5.75 Å². The van der Waals surface area contributed by atoms with Crippen molar-refractivity contribution in [1.29, 1.82) is 0 Å². The smallest absolute Gasteiger partial charge is 0.231 e. The Morgan fingerprint density at radius 3 is 2.62 bits per heavy atom. The summed E-state index contributed by atoms with van der Waals surface area (Å²) in [4.78, 5) is 12.8. The van der Waals surface area contributed by atoms with Crippen molar-refractivity contribution >= 4 is 35.0 Å². The Labute approximate surface area is 161 Å². The number of nitrogens with one attached hydrogen (secondary N) is 2. The van der Waals surface area contributed by atoms with E-state index >= 15 is 0 Å². The first-order chi connectivity index (χ1) is 12.7. The monoisotopic (exact) mass is 384 g/mol. The molecular formula is C20H20N2O2S2. The Kier molecular flexibility index (Phi) is 5.24. The number of carbonyl (C=O) groups excluding carboxylic acids is 1. The summed E-state index contributed by atoms with van der Waals surface area (Å²) in [6.45, 7) is 0. The molecule has 3 unspecified atom stereocenters. The van der Waals surface area contributed by atoms with Crippen LogP contribution in [0, 0.1) is 5.92 Å². The van der Waals surface area contributed by atoms with Gasteiger partial charge in [0.25, 0.3) is 0 Å². The molecule has 0 bridgehead atoms. The van der Waals surface area contributed by atoms with Gasteiger partial charge < -0.3 is 10.1 Å². The van der Waals surface area contributed by atoms with Gasteiger partial charge in [0.15, 0.2) is 0 Å². The Hall–Kier alpha value is -1.89. The van der Waals surface area contributed by atoms with E-state index in [9.17, 15) is 4.79 Å². The van der Waals surface area contributed by atoms with Crippen LogP contribution >= 0.6 is 23.5 Å². The fourth-order valence-electron chi connectivity index (χ4n) is 3.16. The van der Waals surface area contributed by atoms with Crippen LogP contribution in [0.25, 0.3) is 5.57 Å². The summed E-state index contributed by atoms with van der Waals surface area (Å²) in [6, 6.07) is 18.2. The number of amides is 1. The highest BCUT2D eigenvalue weighted by atomic mass is 32.2. The summed E-state index contributed by atoms with van der Waals surface area (Å²) >= 11 is 3.40. The molecule has 26 heavy (non-hydrogen) atoms. The second-order valence-corrected chi connectivity index (χ2v) is 8.30. The Morgan fingerprint density at radius 2 is 1.88 bits per heavy atom. The minimum atomic E-state index is -0.165. The lowest BCUT2D eigenvalue weighted by Gasteiger charge is -2.34. The molecule has 2 aromatic rings. The van der Waals surface area contributed by atoms with Crippen LogP contribution in [0.3, 0.4) is 0 Å². The van der Waals surface area contributed by atoms with Gasteiger partial charge in [-0.25, -0.2) is 0 Å². The van der Waals surface area contributed by atoms with Gasteiger partial charge in [0.05, 0.1) is 18.4 Å². The quantitative estimate of drug-likeness (QED) is 0.824. The van der Waals surface area contributed by atoms with Crippen LogP contribution < -0.4 is 15.4 Å². The second kappa shape index (κ2) is 7.78. The zero-order chi connectivity index (χ0) is 17.9.